The molecule has 0 bridgehead atoms. The van der Waals surface area contributed by atoms with Gasteiger partial charge in [-0.2, -0.15) is 4.31 Å². The maximum atomic E-state index is 13.3. The molecule has 0 aliphatic rings. The van der Waals surface area contributed by atoms with Crippen LogP contribution < -0.4 is 5.32 Å². The number of sulfonamides is 1. The number of hydrogen-bond donors (Lipinski definition) is 1. The Balaban J connectivity index is 1.51. The minimum atomic E-state index is -3.79. The van der Waals surface area contributed by atoms with Gasteiger partial charge in [0.15, 0.2) is 5.13 Å². The Morgan fingerprint density at radius 1 is 1.09 bits per heavy atom. The van der Waals surface area contributed by atoms with Crippen molar-refractivity contribution >= 4 is 48.3 Å². The van der Waals surface area contributed by atoms with Crippen molar-refractivity contribution in [3.05, 3.63) is 94.0 Å². The van der Waals surface area contributed by atoms with Gasteiger partial charge in [-0.1, -0.05) is 41.7 Å². The molecule has 0 saturated heterocycles. The number of nitrogens with one attached hydrogen (secondary N) is 1. The van der Waals surface area contributed by atoms with Crippen LogP contribution in [-0.2, 0) is 16.6 Å². The van der Waals surface area contributed by atoms with Crippen LogP contribution in [0.2, 0.25) is 0 Å². The average Bonchev–Trinajstić information content (AvgIpc) is 3.24. The summed E-state index contributed by atoms with van der Waals surface area (Å²) in [7, 11) is -3.79. The first-order chi connectivity index (χ1) is 16.6. The molecule has 0 spiro atoms. The normalized spacial score (nSPS) is 11.8. The van der Waals surface area contributed by atoms with E-state index in [0.29, 0.717) is 10.2 Å². The lowest BCUT2D eigenvalue weighted by atomic mass is 10.2. The molecule has 0 atom stereocenters. The number of thiazole rings is 1. The Kier molecular flexibility index (Phi) is 6.92. The van der Waals surface area contributed by atoms with Crippen LogP contribution in [0.4, 0.5) is 10.8 Å². The van der Waals surface area contributed by atoms with Crippen LogP contribution >= 0.6 is 11.3 Å². The van der Waals surface area contributed by atoms with E-state index < -0.39 is 20.9 Å². The molecule has 1 amide bonds. The summed E-state index contributed by atoms with van der Waals surface area (Å²) in [5, 5.41) is 13.9. The zero-order valence-electron chi connectivity index (χ0n) is 18.9. The Bertz CT molecular complexity index is 1480. The molecule has 9 nitrogen and oxygen atoms in total. The average molecular weight is 511 g/mol. The third kappa shape index (κ3) is 5.37. The number of non-ortho nitro benzene ring substituents is 1. The Morgan fingerprint density at radius 3 is 2.40 bits per heavy atom. The molecule has 180 valence electrons. The summed E-state index contributed by atoms with van der Waals surface area (Å²) in [5.41, 5.74) is 1.61. The Morgan fingerprint density at radius 2 is 1.77 bits per heavy atom. The highest BCUT2D eigenvalue weighted by atomic mass is 32.2. The third-order valence-corrected chi connectivity index (χ3v) is 8.25. The molecule has 0 fully saturated rings. The van der Waals surface area contributed by atoms with Gasteiger partial charge in [0.05, 0.1) is 20.0 Å². The number of aromatic nitrogens is 1. The lowest BCUT2D eigenvalue weighted by Crippen LogP contribution is -2.36. The lowest BCUT2D eigenvalue weighted by molar-refractivity contribution is -0.384. The highest BCUT2D eigenvalue weighted by molar-refractivity contribution is 7.89. The number of anilines is 1. The summed E-state index contributed by atoms with van der Waals surface area (Å²) < 4.78 is 28.6. The molecule has 3 aromatic carbocycles. The maximum absolute atomic E-state index is 13.3. The predicted octanol–water partition coefficient (Wildman–Crippen LogP) is 5.06. The molecule has 11 heteroatoms. The summed E-state index contributed by atoms with van der Waals surface area (Å²) >= 11 is 1.12. The Hall–Kier alpha value is -3.67. The minimum Gasteiger partial charge on any atom is -0.298 e. The van der Waals surface area contributed by atoms with Crippen LogP contribution in [0.25, 0.3) is 10.2 Å². The number of benzene rings is 3. The molecule has 0 radical (unpaired) electrons. The van der Waals surface area contributed by atoms with Gasteiger partial charge in [-0.05, 0) is 49.7 Å². The SMILES string of the molecule is CC(C)N(Cc1ccccc1)S(=O)(=O)c1ccc(C(=O)Nc2nc3ccc([N+](=O)[O-])cc3s2)cc1. The first-order valence-electron chi connectivity index (χ1n) is 10.7. The number of rotatable bonds is 8. The maximum Gasteiger partial charge on any atom is 0.270 e. The monoisotopic (exact) mass is 510 g/mol. The fourth-order valence-electron chi connectivity index (χ4n) is 3.47. The van der Waals surface area contributed by atoms with E-state index in [1.807, 2.05) is 44.2 Å². The van der Waals surface area contributed by atoms with Crippen LogP contribution in [0.1, 0.15) is 29.8 Å². The molecule has 4 rings (SSSR count). The quantitative estimate of drug-likeness (QED) is 0.261. The smallest absolute Gasteiger partial charge is 0.270 e. The van der Waals surface area contributed by atoms with E-state index in [9.17, 15) is 23.3 Å². The molecule has 1 heterocycles. The highest BCUT2D eigenvalue weighted by Gasteiger charge is 2.27. The van der Waals surface area contributed by atoms with E-state index in [0.717, 1.165) is 16.9 Å². The topological polar surface area (TPSA) is 123 Å². The fraction of sp³-hybridized carbons (Fsp3) is 0.167. The number of nitro groups is 1. The number of nitrogens with zero attached hydrogens (tertiary/aromatic N) is 3. The molecule has 0 unspecified atom stereocenters. The predicted molar refractivity (Wildman–Crippen MR) is 135 cm³/mol. The summed E-state index contributed by atoms with van der Waals surface area (Å²) in [6.45, 7) is 3.86. The first-order valence-corrected chi connectivity index (χ1v) is 12.9. The van der Waals surface area contributed by atoms with Gasteiger partial charge < -0.3 is 0 Å². The van der Waals surface area contributed by atoms with E-state index in [4.69, 9.17) is 0 Å². The van der Waals surface area contributed by atoms with Crippen molar-refractivity contribution in [3.63, 3.8) is 0 Å². The summed E-state index contributed by atoms with van der Waals surface area (Å²) in [5.74, 6) is -0.465. The van der Waals surface area contributed by atoms with E-state index in [2.05, 4.69) is 10.3 Å². The van der Waals surface area contributed by atoms with Crippen molar-refractivity contribution in [2.24, 2.45) is 0 Å². The summed E-state index contributed by atoms with van der Waals surface area (Å²) in [6.07, 6.45) is 0. The second-order valence-corrected chi connectivity index (χ2v) is 11.0. The standard InChI is InChI=1S/C24H22N4O5S2/c1-16(2)27(15-17-6-4-3-5-7-17)35(32,33)20-11-8-18(9-12-20)23(29)26-24-25-21-13-10-19(28(30)31)14-22(21)34-24/h3-14,16H,15H2,1-2H3,(H,25,26,29). The van der Waals surface area contributed by atoms with E-state index in [1.54, 1.807) is 0 Å². The van der Waals surface area contributed by atoms with E-state index in [-0.39, 0.29) is 33.9 Å². The van der Waals surface area contributed by atoms with Crippen LogP contribution in [-0.4, -0.2) is 34.6 Å². The molecule has 35 heavy (non-hydrogen) atoms. The van der Waals surface area contributed by atoms with Crippen molar-refractivity contribution in [3.8, 4) is 0 Å². The highest BCUT2D eigenvalue weighted by Crippen LogP contribution is 2.29. The van der Waals surface area contributed by atoms with Gasteiger partial charge in [0, 0.05) is 30.3 Å². The van der Waals surface area contributed by atoms with Crippen molar-refractivity contribution in [1.82, 2.24) is 9.29 Å². The van der Waals surface area contributed by atoms with Gasteiger partial charge in [-0.25, -0.2) is 13.4 Å². The zero-order chi connectivity index (χ0) is 25.2. The van der Waals surface area contributed by atoms with Crippen molar-refractivity contribution in [2.45, 2.75) is 31.3 Å². The molecule has 0 aliphatic carbocycles. The summed E-state index contributed by atoms with van der Waals surface area (Å²) in [6, 6.07) is 19.1. The Labute approximate surface area is 206 Å². The van der Waals surface area contributed by atoms with Crippen LogP contribution in [0.3, 0.4) is 0 Å². The van der Waals surface area contributed by atoms with Crippen molar-refractivity contribution in [2.75, 3.05) is 5.32 Å². The van der Waals surface area contributed by atoms with Crippen molar-refractivity contribution < 1.29 is 18.1 Å². The second-order valence-electron chi connectivity index (χ2n) is 8.04. The number of nitro benzene ring substituents is 1. The number of carbonyl (C=O) groups is 1. The number of amides is 1. The molecule has 1 aromatic heterocycles. The number of fused-ring (bicyclic) bond motifs is 1. The van der Waals surface area contributed by atoms with Crippen LogP contribution in [0, 0.1) is 10.1 Å². The summed E-state index contributed by atoms with van der Waals surface area (Å²) in [4.78, 5) is 27.5. The first kappa shape index (κ1) is 24.5. The fourth-order valence-corrected chi connectivity index (χ4v) is 5.99. The third-order valence-electron chi connectivity index (χ3n) is 5.28. The van der Waals surface area contributed by atoms with Gasteiger partial charge in [-0.3, -0.25) is 20.2 Å². The molecule has 0 aliphatic heterocycles. The van der Waals surface area contributed by atoms with Gasteiger partial charge >= 0.3 is 0 Å². The molecule has 4 aromatic rings. The van der Waals surface area contributed by atoms with Gasteiger partial charge in [0.25, 0.3) is 11.6 Å². The number of carbonyl (C=O) groups excluding carboxylic acids is 1. The number of hydrogen-bond acceptors (Lipinski definition) is 7. The minimum absolute atomic E-state index is 0.0569. The second kappa shape index (κ2) is 9.90. The van der Waals surface area contributed by atoms with Crippen LogP contribution in [0.5, 0.6) is 0 Å². The lowest BCUT2D eigenvalue weighted by Gasteiger charge is -2.26. The van der Waals surface area contributed by atoms with Crippen LogP contribution in [0.15, 0.2) is 77.7 Å². The molecule has 0 saturated carbocycles. The van der Waals surface area contributed by atoms with Gasteiger partial charge in [-0.15, -0.1) is 0 Å². The van der Waals surface area contributed by atoms with E-state index >= 15 is 0 Å². The van der Waals surface area contributed by atoms with Crippen molar-refractivity contribution in [1.29, 1.82) is 0 Å². The molecular formula is C24H22N4O5S2. The zero-order valence-corrected chi connectivity index (χ0v) is 20.5. The van der Waals surface area contributed by atoms with Gasteiger partial charge in [0.2, 0.25) is 10.0 Å². The van der Waals surface area contributed by atoms with E-state index in [1.165, 1.54) is 46.8 Å². The van der Waals surface area contributed by atoms with Gasteiger partial charge in [0.1, 0.15) is 0 Å². The largest absolute Gasteiger partial charge is 0.298 e. The molecular weight excluding hydrogens is 488 g/mol. The molecule has 1 N–H and O–H groups in total.